The maximum Gasteiger partial charge on any atom is 0.242 e. The SMILES string of the molecule is CCC(C)N(CC(=O)N(Cc1ccc(F)cc1)Cc1sccc1C)C(=O)C1CCCC1. The van der Waals surface area contributed by atoms with Crippen LogP contribution < -0.4 is 0 Å². The molecule has 3 rings (SSSR count). The standard InChI is InChI=1S/C25H33FN2O2S/c1-4-19(3)28(25(30)21-7-5-6-8-21)17-24(29)27(16-23-18(2)13-14-31-23)15-20-9-11-22(26)12-10-20/h9-14,19,21H,4-8,15-17H2,1-3H3. The first-order valence-corrected chi connectivity index (χ1v) is 12.1. The minimum absolute atomic E-state index is 0.0215. The summed E-state index contributed by atoms with van der Waals surface area (Å²) in [4.78, 5) is 31.4. The highest BCUT2D eigenvalue weighted by molar-refractivity contribution is 7.10. The van der Waals surface area contributed by atoms with Gasteiger partial charge in [-0.25, -0.2) is 4.39 Å². The fourth-order valence-electron chi connectivity index (χ4n) is 4.11. The van der Waals surface area contributed by atoms with Gasteiger partial charge in [0.1, 0.15) is 12.4 Å². The summed E-state index contributed by atoms with van der Waals surface area (Å²) < 4.78 is 13.4. The van der Waals surface area contributed by atoms with Crippen molar-refractivity contribution in [2.75, 3.05) is 6.54 Å². The molecule has 1 aliphatic rings. The summed E-state index contributed by atoms with van der Waals surface area (Å²) in [6, 6.07) is 8.34. The first kappa shape index (κ1) is 23.5. The highest BCUT2D eigenvalue weighted by Crippen LogP contribution is 2.28. The van der Waals surface area contributed by atoms with E-state index in [2.05, 4.69) is 13.0 Å². The second-order valence-electron chi connectivity index (χ2n) is 8.61. The van der Waals surface area contributed by atoms with E-state index < -0.39 is 0 Å². The highest BCUT2D eigenvalue weighted by atomic mass is 32.1. The Bertz CT molecular complexity index is 874. The van der Waals surface area contributed by atoms with Crippen LogP contribution in [0.2, 0.25) is 0 Å². The molecular formula is C25H33FN2O2S. The van der Waals surface area contributed by atoms with Crippen molar-refractivity contribution in [1.29, 1.82) is 0 Å². The molecule has 1 unspecified atom stereocenters. The molecule has 0 saturated heterocycles. The van der Waals surface area contributed by atoms with Crippen molar-refractivity contribution < 1.29 is 14.0 Å². The van der Waals surface area contributed by atoms with Crippen LogP contribution in [0, 0.1) is 18.7 Å². The van der Waals surface area contributed by atoms with E-state index in [0.29, 0.717) is 13.1 Å². The third-order valence-electron chi connectivity index (χ3n) is 6.36. The molecule has 0 spiro atoms. The molecule has 1 heterocycles. The molecule has 0 radical (unpaired) electrons. The maximum absolute atomic E-state index is 13.5. The van der Waals surface area contributed by atoms with E-state index >= 15 is 0 Å². The molecule has 1 atom stereocenters. The number of aryl methyl sites for hydroxylation is 1. The molecule has 1 aromatic carbocycles. The number of amides is 2. The Kier molecular flexibility index (Phi) is 8.24. The summed E-state index contributed by atoms with van der Waals surface area (Å²) in [7, 11) is 0. The number of thiophene rings is 1. The summed E-state index contributed by atoms with van der Waals surface area (Å²) in [5, 5.41) is 2.03. The Hall–Kier alpha value is -2.21. The average molecular weight is 445 g/mol. The van der Waals surface area contributed by atoms with Crippen molar-refractivity contribution in [3.05, 3.63) is 57.5 Å². The Labute approximate surface area is 189 Å². The number of benzene rings is 1. The number of halogens is 1. The van der Waals surface area contributed by atoms with Gasteiger partial charge in [0.15, 0.2) is 0 Å². The number of carbonyl (C=O) groups is 2. The molecule has 6 heteroatoms. The van der Waals surface area contributed by atoms with Gasteiger partial charge in [0, 0.05) is 23.4 Å². The Morgan fingerprint density at radius 2 is 1.81 bits per heavy atom. The topological polar surface area (TPSA) is 40.6 Å². The van der Waals surface area contributed by atoms with Crippen LogP contribution in [0.1, 0.15) is 62.0 Å². The van der Waals surface area contributed by atoms with E-state index in [9.17, 15) is 14.0 Å². The van der Waals surface area contributed by atoms with Gasteiger partial charge >= 0.3 is 0 Å². The molecule has 2 aromatic rings. The van der Waals surface area contributed by atoms with Crippen LogP contribution in [-0.4, -0.2) is 34.2 Å². The molecule has 0 bridgehead atoms. The summed E-state index contributed by atoms with van der Waals surface area (Å²) in [5.41, 5.74) is 2.03. The van der Waals surface area contributed by atoms with Gasteiger partial charge < -0.3 is 9.80 Å². The Morgan fingerprint density at radius 1 is 1.13 bits per heavy atom. The molecule has 0 aliphatic heterocycles. The molecule has 1 saturated carbocycles. The summed E-state index contributed by atoms with van der Waals surface area (Å²) >= 11 is 1.63. The number of nitrogens with zero attached hydrogens (tertiary/aromatic N) is 2. The minimum atomic E-state index is -0.291. The molecular weight excluding hydrogens is 411 g/mol. The Morgan fingerprint density at radius 3 is 2.39 bits per heavy atom. The fraction of sp³-hybridized carbons (Fsp3) is 0.520. The van der Waals surface area contributed by atoms with Gasteiger partial charge in [0.2, 0.25) is 11.8 Å². The van der Waals surface area contributed by atoms with E-state index in [1.807, 2.05) is 19.2 Å². The van der Waals surface area contributed by atoms with Crippen molar-refractivity contribution in [2.45, 2.75) is 72.0 Å². The van der Waals surface area contributed by atoms with E-state index in [4.69, 9.17) is 0 Å². The summed E-state index contributed by atoms with van der Waals surface area (Å²) in [6.45, 7) is 7.09. The van der Waals surface area contributed by atoms with Gasteiger partial charge in [-0.2, -0.15) is 0 Å². The highest BCUT2D eigenvalue weighted by Gasteiger charge is 2.31. The van der Waals surface area contributed by atoms with Crippen LogP contribution in [0.25, 0.3) is 0 Å². The van der Waals surface area contributed by atoms with E-state index in [0.717, 1.165) is 48.1 Å². The van der Waals surface area contributed by atoms with Crippen LogP contribution in [0.5, 0.6) is 0 Å². The third kappa shape index (κ3) is 6.16. The van der Waals surface area contributed by atoms with Gasteiger partial charge in [-0.05, 0) is 67.8 Å². The fourth-order valence-corrected chi connectivity index (χ4v) is 5.03. The van der Waals surface area contributed by atoms with Crippen LogP contribution in [0.15, 0.2) is 35.7 Å². The lowest BCUT2D eigenvalue weighted by Crippen LogP contribution is -2.48. The smallest absolute Gasteiger partial charge is 0.242 e. The summed E-state index contributed by atoms with van der Waals surface area (Å²) in [6.07, 6.45) is 4.84. The lowest BCUT2D eigenvalue weighted by molar-refractivity contribution is -0.145. The number of hydrogen-bond acceptors (Lipinski definition) is 3. The zero-order valence-electron chi connectivity index (χ0n) is 18.8. The second-order valence-corrected chi connectivity index (χ2v) is 9.61. The predicted molar refractivity (Wildman–Crippen MR) is 123 cm³/mol. The van der Waals surface area contributed by atoms with Crippen LogP contribution in [0.4, 0.5) is 4.39 Å². The van der Waals surface area contributed by atoms with Crippen molar-refractivity contribution in [1.82, 2.24) is 9.80 Å². The number of carbonyl (C=O) groups excluding carboxylic acids is 2. The first-order chi connectivity index (χ1) is 14.9. The lowest BCUT2D eigenvalue weighted by Gasteiger charge is -2.33. The molecule has 0 N–H and O–H groups in total. The van der Waals surface area contributed by atoms with Crippen LogP contribution in [0.3, 0.4) is 0 Å². The van der Waals surface area contributed by atoms with Gasteiger partial charge in [-0.15, -0.1) is 11.3 Å². The van der Waals surface area contributed by atoms with Crippen molar-refractivity contribution in [2.24, 2.45) is 5.92 Å². The predicted octanol–water partition coefficient (Wildman–Crippen LogP) is 5.54. The van der Waals surface area contributed by atoms with Gasteiger partial charge in [0.05, 0.1) is 6.54 Å². The normalized spacial score (nSPS) is 15.1. The van der Waals surface area contributed by atoms with E-state index in [1.54, 1.807) is 33.3 Å². The van der Waals surface area contributed by atoms with Gasteiger partial charge in [-0.1, -0.05) is 31.9 Å². The Balaban J connectivity index is 1.79. The van der Waals surface area contributed by atoms with Gasteiger partial charge in [-0.3, -0.25) is 9.59 Å². The lowest BCUT2D eigenvalue weighted by atomic mass is 10.0. The van der Waals surface area contributed by atoms with Crippen molar-refractivity contribution in [3.63, 3.8) is 0 Å². The third-order valence-corrected chi connectivity index (χ3v) is 7.37. The monoisotopic (exact) mass is 444 g/mol. The molecule has 2 amide bonds. The average Bonchev–Trinajstić information content (AvgIpc) is 3.44. The zero-order valence-corrected chi connectivity index (χ0v) is 19.6. The second kappa shape index (κ2) is 10.9. The van der Waals surface area contributed by atoms with E-state index in [-0.39, 0.29) is 36.1 Å². The maximum atomic E-state index is 13.5. The van der Waals surface area contributed by atoms with Crippen molar-refractivity contribution in [3.8, 4) is 0 Å². The molecule has 168 valence electrons. The quantitative estimate of drug-likeness (QED) is 0.509. The number of rotatable bonds is 9. The van der Waals surface area contributed by atoms with Crippen molar-refractivity contribution >= 4 is 23.2 Å². The zero-order chi connectivity index (χ0) is 22.4. The van der Waals surface area contributed by atoms with E-state index in [1.165, 1.54) is 12.1 Å². The summed E-state index contributed by atoms with van der Waals surface area (Å²) in [5.74, 6) is -0.189. The molecule has 4 nitrogen and oxygen atoms in total. The van der Waals surface area contributed by atoms with Gasteiger partial charge in [0.25, 0.3) is 0 Å². The molecule has 31 heavy (non-hydrogen) atoms. The molecule has 1 aliphatic carbocycles. The minimum Gasteiger partial charge on any atom is -0.332 e. The largest absolute Gasteiger partial charge is 0.332 e. The molecule has 1 fully saturated rings. The number of hydrogen-bond donors (Lipinski definition) is 0. The van der Waals surface area contributed by atoms with Crippen LogP contribution in [-0.2, 0) is 22.7 Å². The molecule has 1 aromatic heterocycles. The van der Waals surface area contributed by atoms with Crippen LogP contribution >= 0.6 is 11.3 Å². The first-order valence-electron chi connectivity index (χ1n) is 11.2.